The molecule has 0 bridgehead atoms. The lowest BCUT2D eigenvalue weighted by molar-refractivity contribution is 0.434. The van der Waals surface area contributed by atoms with Gasteiger partial charge in [0.15, 0.2) is 0 Å². The van der Waals surface area contributed by atoms with Gasteiger partial charge in [-0.15, -0.1) is 0 Å². The SMILES string of the molecule is CCNC(c1ccc(C)o1)c1cc(C)c(C)cc1C. The zero-order chi connectivity index (χ0) is 14.0. The number of hydrogen-bond donors (Lipinski definition) is 1. The van der Waals surface area contributed by atoms with E-state index in [0.717, 1.165) is 18.1 Å². The summed E-state index contributed by atoms with van der Waals surface area (Å²) in [7, 11) is 0. The normalized spacial score (nSPS) is 12.7. The lowest BCUT2D eigenvalue weighted by Crippen LogP contribution is -2.22. The van der Waals surface area contributed by atoms with Crippen LogP contribution >= 0.6 is 0 Å². The average Bonchev–Trinajstić information content (AvgIpc) is 2.78. The number of nitrogens with one attached hydrogen (secondary N) is 1. The Bertz CT molecular complexity index is 569. The Morgan fingerprint density at radius 3 is 2.26 bits per heavy atom. The molecule has 2 heteroatoms. The van der Waals surface area contributed by atoms with Crippen molar-refractivity contribution in [1.82, 2.24) is 5.32 Å². The van der Waals surface area contributed by atoms with Gasteiger partial charge in [-0.1, -0.05) is 19.1 Å². The number of furan rings is 1. The van der Waals surface area contributed by atoms with Gasteiger partial charge in [0.25, 0.3) is 0 Å². The molecule has 0 aliphatic rings. The maximum absolute atomic E-state index is 5.82. The minimum absolute atomic E-state index is 0.137. The summed E-state index contributed by atoms with van der Waals surface area (Å²) in [6.07, 6.45) is 0. The number of aryl methyl sites for hydroxylation is 4. The van der Waals surface area contributed by atoms with Crippen LogP contribution in [0.15, 0.2) is 28.7 Å². The summed E-state index contributed by atoms with van der Waals surface area (Å²) in [4.78, 5) is 0. The summed E-state index contributed by atoms with van der Waals surface area (Å²) < 4.78 is 5.82. The molecule has 1 atom stereocenters. The monoisotopic (exact) mass is 257 g/mol. The molecule has 0 radical (unpaired) electrons. The van der Waals surface area contributed by atoms with Gasteiger partial charge in [0.1, 0.15) is 11.5 Å². The molecule has 1 unspecified atom stereocenters. The third-order valence-corrected chi connectivity index (χ3v) is 3.65. The van der Waals surface area contributed by atoms with E-state index in [9.17, 15) is 0 Å². The van der Waals surface area contributed by atoms with E-state index >= 15 is 0 Å². The van der Waals surface area contributed by atoms with Crippen molar-refractivity contribution in [2.24, 2.45) is 0 Å². The summed E-state index contributed by atoms with van der Waals surface area (Å²) >= 11 is 0. The van der Waals surface area contributed by atoms with E-state index in [4.69, 9.17) is 4.42 Å². The van der Waals surface area contributed by atoms with Gasteiger partial charge in [-0.25, -0.2) is 0 Å². The Morgan fingerprint density at radius 2 is 1.68 bits per heavy atom. The van der Waals surface area contributed by atoms with Crippen LogP contribution in [0.4, 0.5) is 0 Å². The molecule has 1 N–H and O–H groups in total. The van der Waals surface area contributed by atoms with Crippen molar-refractivity contribution in [3.63, 3.8) is 0 Å². The van der Waals surface area contributed by atoms with Crippen LogP contribution in [0.2, 0.25) is 0 Å². The average molecular weight is 257 g/mol. The number of rotatable bonds is 4. The van der Waals surface area contributed by atoms with Crippen LogP contribution in [0.5, 0.6) is 0 Å². The zero-order valence-electron chi connectivity index (χ0n) is 12.5. The molecule has 0 amide bonds. The van der Waals surface area contributed by atoms with Crippen molar-refractivity contribution in [3.8, 4) is 0 Å². The lowest BCUT2D eigenvalue weighted by atomic mass is 9.94. The van der Waals surface area contributed by atoms with Crippen LogP contribution in [-0.4, -0.2) is 6.54 Å². The highest BCUT2D eigenvalue weighted by Gasteiger charge is 2.19. The highest BCUT2D eigenvalue weighted by molar-refractivity contribution is 5.41. The standard InChI is InChI=1S/C17H23NO/c1-6-18-17(16-8-7-14(5)19-16)15-10-12(3)11(2)9-13(15)4/h7-10,17-18H,6H2,1-5H3. The molecule has 0 aliphatic carbocycles. The summed E-state index contributed by atoms with van der Waals surface area (Å²) in [6.45, 7) is 11.5. The molecule has 0 saturated carbocycles. The van der Waals surface area contributed by atoms with Crippen LogP contribution in [0.3, 0.4) is 0 Å². The van der Waals surface area contributed by atoms with Crippen molar-refractivity contribution >= 4 is 0 Å². The fourth-order valence-electron chi connectivity index (χ4n) is 2.47. The third kappa shape index (κ3) is 2.90. The zero-order valence-corrected chi connectivity index (χ0v) is 12.5. The first kappa shape index (κ1) is 13.9. The minimum atomic E-state index is 0.137. The van der Waals surface area contributed by atoms with Crippen LogP contribution in [0.1, 0.15) is 46.7 Å². The van der Waals surface area contributed by atoms with Gasteiger partial charge in [0.2, 0.25) is 0 Å². The number of hydrogen-bond acceptors (Lipinski definition) is 2. The van der Waals surface area contributed by atoms with Crippen molar-refractivity contribution in [2.45, 2.75) is 40.7 Å². The van der Waals surface area contributed by atoms with E-state index in [1.165, 1.54) is 22.3 Å². The van der Waals surface area contributed by atoms with Gasteiger partial charge >= 0.3 is 0 Å². The van der Waals surface area contributed by atoms with Crippen LogP contribution in [0, 0.1) is 27.7 Å². The van der Waals surface area contributed by atoms with Crippen LogP contribution in [0.25, 0.3) is 0 Å². The van der Waals surface area contributed by atoms with E-state index < -0.39 is 0 Å². The molecule has 0 aliphatic heterocycles. The fraction of sp³-hybridized carbons (Fsp3) is 0.412. The topological polar surface area (TPSA) is 25.2 Å². The quantitative estimate of drug-likeness (QED) is 0.887. The first-order valence-electron chi connectivity index (χ1n) is 6.90. The molecule has 2 nitrogen and oxygen atoms in total. The Morgan fingerprint density at radius 1 is 1.00 bits per heavy atom. The largest absolute Gasteiger partial charge is 0.464 e. The molecule has 1 aromatic carbocycles. The predicted molar refractivity (Wildman–Crippen MR) is 79.6 cm³/mol. The number of benzene rings is 1. The van der Waals surface area contributed by atoms with Gasteiger partial charge < -0.3 is 9.73 Å². The van der Waals surface area contributed by atoms with E-state index in [2.05, 4.69) is 51.2 Å². The second-order valence-corrected chi connectivity index (χ2v) is 5.23. The Balaban J connectivity index is 2.47. The van der Waals surface area contributed by atoms with Crippen LogP contribution in [-0.2, 0) is 0 Å². The van der Waals surface area contributed by atoms with E-state index in [-0.39, 0.29) is 6.04 Å². The predicted octanol–water partition coefficient (Wildman–Crippen LogP) is 4.21. The van der Waals surface area contributed by atoms with E-state index in [0.29, 0.717) is 0 Å². The molecular weight excluding hydrogens is 234 g/mol. The maximum atomic E-state index is 5.82. The third-order valence-electron chi connectivity index (χ3n) is 3.65. The molecule has 0 fully saturated rings. The lowest BCUT2D eigenvalue weighted by Gasteiger charge is -2.20. The second-order valence-electron chi connectivity index (χ2n) is 5.23. The summed E-state index contributed by atoms with van der Waals surface area (Å²) in [5.41, 5.74) is 5.28. The molecule has 19 heavy (non-hydrogen) atoms. The van der Waals surface area contributed by atoms with Crippen molar-refractivity contribution in [1.29, 1.82) is 0 Å². The second kappa shape index (κ2) is 5.62. The Kier molecular flexibility index (Phi) is 4.11. The van der Waals surface area contributed by atoms with Gasteiger partial charge in [-0.3, -0.25) is 0 Å². The smallest absolute Gasteiger partial charge is 0.125 e. The van der Waals surface area contributed by atoms with Gasteiger partial charge in [-0.05, 0) is 68.6 Å². The molecular formula is C17H23NO. The molecule has 1 heterocycles. The molecule has 2 aromatic rings. The van der Waals surface area contributed by atoms with Crippen LogP contribution < -0.4 is 5.32 Å². The van der Waals surface area contributed by atoms with Gasteiger partial charge in [0, 0.05) is 0 Å². The van der Waals surface area contributed by atoms with E-state index in [1.807, 2.05) is 13.0 Å². The first-order chi connectivity index (χ1) is 9.02. The summed E-state index contributed by atoms with van der Waals surface area (Å²) in [5.74, 6) is 1.95. The molecule has 0 spiro atoms. The summed E-state index contributed by atoms with van der Waals surface area (Å²) in [5, 5.41) is 3.52. The van der Waals surface area contributed by atoms with E-state index in [1.54, 1.807) is 0 Å². The van der Waals surface area contributed by atoms with Crippen molar-refractivity contribution < 1.29 is 4.42 Å². The van der Waals surface area contributed by atoms with Crippen molar-refractivity contribution in [2.75, 3.05) is 6.54 Å². The highest BCUT2D eigenvalue weighted by Crippen LogP contribution is 2.28. The van der Waals surface area contributed by atoms with Crippen molar-refractivity contribution in [3.05, 3.63) is 58.0 Å². The molecule has 2 rings (SSSR count). The maximum Gasteiger partial charge on any atom is 0.125 e. The Labute approximate surface area is 115 Å². The molecule has 1 aromatic heterocycles. The molecule has 0 saturated heterocycles. The first-order valence-corrected chi connectivity index (χ1v) is 6.90. The molecule has 102 valence electrons. The van der Waals surface area contributed by atoms with Gasteiger partial charge in [-0.2, -0.15) is 0 Å². The Hall–Kier alpha value is -1.54. The summed E-state index contributed by atoms with van der Waals surface area (Å²) in [6, 6.07) is 8.76. The highest BCUT2D eigenvalue weighted by atomic mass is 16.3. The minimum Gasteiger partial charge on any atom is -0.464 e. The fourth-order valence-corrected chi connectivity index (χ4v) is 2.47. The van der Waals surface area contributed by atoms with Gasteiger partial charge in [0.05, 0.1) is 6.04 Å².